The van der Waals surface area contributed by atoms with Crippen LogP contribution in [0.25, 0.3) is 0 Å². The summed E-state index contributed by atoms with van der Waals surface area (Å²) in [6.07, 6.45) is 9.80. The van der Waals surface area contributed by atoms with Gasteiger partial charge in [0.05, 0.1) is 5.76 Å². The molecule has 66 valence electrons. The third-order valence-electron chi connectivity index (χ3n) is 3.07. The molecule has 1 saturated heterocycles. The highest BCUT2D eigenvalue weighted by Crippen LogP contribution is 2.52. The molecule has 3 aliphatic rings. The van der Waals surface area contributed by atoms with E-state index in [1.165, 1.54) is 31.4 Å². The van der Waals surface area contributed by atoms with Crippen LogP contribution in [0.15, 0.2) is 11.8 Å². The summed E-state index contributed by atoms with van der Waals surface area (Å²) in [5.74, 6) is 1.04. The summed E-state index contributed by atoms with van der Waals surface area (Å²) in [6, 6.07) is 0. The highest BCUT2D eigenvalue weighted by molar-refractivity contribution is 5.08. The second kappa shape index (κ2) is 2.25. The highest BCUT2D eigenvalue weighted by atomic mass is 16.8. The number of ether oxygens (including phenoxy) is 2. The van der Waals surface area contributed by atoms with Crippen LogP contribution in [0, 0.1) is 0 Å². The minimum absolute atomic E-state index is 0.143. The molecule has 2 fully saturated rings. The summed E-state index contributed by atoms with van der Waals surface area (Å²) in [5, 5.41) is 0. The molecule has 0 aromatic carbocycles. The Hall–Kier alpha value is -0.500. The number of rotatable bonds is 2. The van der Waals surface area contributed by atoms with Crippen molar-refractivity contribution in [2.75, 3.05) is 0 Å². The molecule has 2 aliphatic carbocycles. The molecule has 0 radical (unpaired) electrons. The fourth-order valence-electron chi connectivity index (χ4n) is 2.34. The van der Waals surface area contributed by atoms with Gasteiger partial charge in [-0.25, -0.2) is 0 Å². The van der Waals surface area contributed by atoms with Crippen molar-refractivity contribution in [3.05, 3.63) is 11.8 Å². The topological polar surface area (TPSA) is 21.8 Å². The molecule has 0 aromatic heterocycles. The largest absolute Gasteiger partial charge is 0.464 e. The number of epoxide rings is 1. The first-order valence-corrected chi connectivity index (χ1v) is 4.95. The molecule has 12 heavy (non-hydrogen) atoms. The van der Waals surface area contributed by atoms with Crippen molar-refractivity contribution in [1.82, 2.24) is 0 Å². The Morgan fingerprint density at radius 1 is 1.50 bits per heavy atom. The Balaban J connectivity index is 1.68. The number of hydrogen-bond donors (Lipinski definition) is 0. The average Bonchev–Trinajstić information content (AvgIpc) is 2.56. The normalized spacial score (nSPS) is 44.0. The van der Waals surface area contributed by atoms with Crippen molar-refractivity contribution < 1.29 is 9.47 Å². The smallest absolute Gasteiger partial charge is 0.237 e. The third-order valence-corrected chi connectivity index (χ3v) is 3.07. The predicted molar refractivity (Wildman–Crippen MR) is 44.5 cm³/mol. The first-order chi connectivity index (χ1) is 5.89. The standard InChI is InChI=1S/C10H14O2/c1-2-5-8(4-1)11-10-7-3-6-9(10)12-10/h4,9H,1-3,5-7H2. The SMILES string of the molecule is C1=C(OC23CCCC2O3)CCC1. The maximum Gasteiger partial charge on any atom is 0.237 e. The first kappa shape index (κ1) is 6.96. The summed E-state index contributed by atoms with van der Waals surface area (Å²) in [4.78, 5) is 0. The van der Waals surface area contributed by atoms with Gasteiger partial charge in [-0.05, 0) is 31.8 Å². The zero-order valence-corrected chi connectivity index (χ0v) is 7.21. The van der Waals surface area contributed by atoms with Crippen LogP contribution in [0.1, 0.15) is 38.5 Å². The van der Waals surface area contributed by atoms with Crippen molar-refractivity contribution in [3.8, 4) is 0 Å². The predicted octanol–water partition coefficient (Wildman–Crippen LogP) is 2.35. The van der Waals surface area contributed by atoms with Gasteiger partial charge in [0.15, 0.2) is 0 Å². The van der Waals surface area contributed by atoms with Gasteiger partial charge in [-0.15, -0.1) is 0 Å². The highest BCUT2D eigenvalue weighted by Gasteiger charge is 2.62. The van der Waals surface area contributed by atoms with Gasteiger partial charge in [-0.3, -0.25) is 0 Å². The molecule has 0 aromatic rings. The van der Waals surface area contributed by atoms with Gasteiger partial charge in [-0.2, -0.15) is 0 Å². The molecule has 1 heterocycles. The van der Waals surface area contributed by atoms with Crippen molar-refractivity contribution in [2.24, 2.45) is 0 Å². The minimum atomic E-state index is -0.143. The third kappa shape index (κ3) is 0.908. The van der Waals surface area contributed by atoms with Crippen molar-refractivity contribution >= 4 is 0 Å². The molecule has 1 saturated carbocycles. The Morgan fingerprint density at radius 2 is 2.50 bits per heavy atom. The monoisotopic (exact) mass is 166 g/mol. The Morgan fingerprint density at radius 3 is 3.08 bits per heavy atom. The van der Waals surface area contributed by atoms with Gasteiger partial charge in [0.2, 0.25) is 5.79 Å². The van der Waals surface area contributed by atoms with Crippen molar-refractivity contribution in [3.63, 3.8) is 0 Å². The van der Waals surface area contributed by atoms with Gasteiger partial charge < -0.3 is 9.47 Å². The Labute approximate surface area is 72.5 Å². The second-order valence-electron chi connectivity index (χ2n) is 3.98. The zero-order valence-electron chi connectivity index (χ0n) is 7.21. The summed E-state index contributed by atoms with van der Waals surface area (Å²) < 4.78 is 11.4. The lowest BCUT2D eigenvalue weighted by Crippen LogP contribution is -2.14. The molecule has 2 unspecified atom stereocenters. The molecule has 0 amide bonds. The molecular weight excluding hydrogens is 152 g/mol. The van der Waals surface area contributed by atoms with E-state index in [1.807, 2.05) is 0 Å². The van der Waals surface area contributed by atoms with Gasteiger partial charge in [0.1, 0.15) is 6.10 Å². The summed E-state index contributed by atoms with van der Waals surface area (Å²) in [7, 11) is 0. The number of fused-ring (bicyclic) bond motifs is 1. The molecule has 2 heteroatoms. The van der Waals surface area contributed by atoms with Crippen LogP contribution in [0.3, 0.4) is 0 Å². The lowest BCUT2D eigenvalue weighted by Gasteiger charge is -2.12. The molecule has 2 nitrogen and oxygen atoms in total. The van der Waals surface area contributed by atoms with Gasteiger partial charge in [-0.1, -0.05) is 0 Å². The van der Waals surface area contributed by atoms with Crippen molar-refractivity contribution in [2.45, 2.75) is 50.4 Å². The number of hydrogen-bond acceptors (Lipinski definition) is 2. The van der Waals surface area contributed by atoms with Crippen molar-refractivity contribution in [1.29, 1.82) is 0 Å². The van der Waals surface area contributed by atoms with Gasteiger partial charge in [0.25, 0.3) is 0 Å². The van der Waals surface area contributed by atoms with Crippen LogP contribution in [-0.2, 0) is 9.47 Å². The fourth-order valence-corrected chi connectivity index (χ4v) is 2.34. The van der Waals surface area contributed by atoms with E-state index in [0.29, 0.717) is 6.10 Å². The average molecular weight is 166 g/mol. The van der Waals surface area contributed by atoms with E-state index in [2.05, 4.69) is 6.08 Å². The van der Waals surface area contributed by atoms with E-state index in [-0.39, 0.29) is 5.79 Å². The minimum Gasteiger partial charge on any atom is -0.464 e. The quantitative estimate of drug-likeness (QED) is 0.587. The van der Waals surface area contributed by atoms with Crippen LogP contribution >= 0.6 is 0 Å². The van der Waals surface area contributed by atoms with E-state index < -0.39 is 0 Å². The molecule has 2 atom stereocenters. The molecule has 1 aliphatic heterocycles. The van der Waals surface area contributed by atoms with Crippen LogP contribution in [0.5, 0.6) is 0 Å². The summed E-state index contributed by atoms with van der Waals surface area (Å²) in [6.45, 7) is 0. The molecule has 0 spiro atoms. The van der Waals surface area contributed by atoms with E-state index in [0.717, 1.165) is 12.8 Å². The van der Waals surface area contributed by atoms with E-state index in [1.54, 1.807) is 0 Å². The van der Waals surface area contributed by atoms with E-state index >= 15 is 0 Å². The zero-order chi connectivity index (χ0) is 8.02. The Kier molecular flexibility index (Phi) is 1.31. The lowest BCUT2D eigenvalue weighted by molar-refractivity contribution is -0.00732. The summed E-state index contributed by atoms with van der Waals surface area (Å²) in [5.41, 5.74) is 0. The molecule has 0 bridgehead atoms. The number of allylic oxidation sites excluding steroid dienone is 2. The van der Waals surface area contributed by atoms with Gasteiger partial charge in [0, 0.05) is 12.8 Å². The second-order valence-corrected chi connectivity index (χ2v) is 3.98. The lowest BCUT2D eigenvalue weighted by atomic mass is 10.3. The van der Waals surface area contributed by atoms with Crippen LogP contribution in [0.2, 0.25) is 0 Å². The Bertz CT molecular complexity index is 234. The van der Waals surface area contributed by atoms with E-state index in [9.17, 15) is 0 Å². The molecular formula is C10H14O2. The van der Waals surface area contributed by atoms with Crippen LogP contribution in [-0.4, -0.2) is 11.9 Å². The molecule has 3 rings (SSSR count). The maximum atomic E-state index is 5.87. The summed E-state index contributed by atoms with van der Waals surface area (Å²) >= 11 is 0. The van der Waals surface area contributed by atoms with Crippen LogP contribution in [0.4, 0.5) is 0 Å². The van der Waals surface area contributed by atoms with Gasteiger partial charge >= 0.3 is 0 Å². The maximum absolute atomic E-state index is 5.87. The first-order valence-electron chi connectivity index (χ1n) is 4.95. The fraction of sp³-hybridized carbons (Fsp3) is 0.800. The van der Waals surface area contributed by atoms with E-state index in [4.69, 9.17) is 9.47 Å². The van der Waals surface area contributed by atoms with Crippen LogP contribution < -0.4 is 0 Å². The molecule has 0 N–H and O–H groups in total.